The topological polar surface area (TPSA) is 37.8 Å². The van der Waals surface area contributed by atoms with Crippen molar-refractivity contribution in [3.63, 3.8) is 0 Å². The zero-order valence-electron chi connectivity index (χ0n) is 10.7. The number of anilines is 1. The fraction of sp³-hybridized carbons (Fsp3) is 0.143. The van der Waals surface area contributed by atoms with Gasteiger partial charge in [-0.3, -0.25) is 0 Å². The van der Waals surface area contributed by atoms with Gasteiger partial charge in [0.15, 0.2) is 0 Å². The Hall–Kier alpha value is -1.59. The zero-order chi connectivity index (χ0) is 13.2. The Kier molecular flexibility index (Phi) is 3.40. The van der Waals surface area contributed by atoms with Crippen molar-refractivity contribution >= 4 is 39.3 Å². The van der Waals surface area contributed by atoms with Gasteiger partial charge in [-0.2, -0.15) is 0 Å². The van der Waals surface area contributed by atoms with Gasteiger partial charge in [0, 0.05) is 22.2 Å². The summed E-state index contributed by atoms with van der Waals surface area (Å²) >= 11 is 3.38. The Balaban J connectivity index is 2.10. The van der Waals surface area contributed by atoms with Gasteiger partial charge < -0.3 is 5.32 Å². The highest BCUT2D eigenvalue weighted by Crippen LogP contribution is 2.35. The smallest absolute Gasteiger partial charge is 0.224 e. The third-order valence-electron chi connectivity index (χ3n) is 2.66. The molecule has 0 fully saturated rings. The molecule has 0 aliphatic heterocycles. The summed E-state index contributed by atoms with van der Waals surface area (Å²) in [6.45, 7) is 2.10. The van der Waals surface area contributed by atoms with Crippen LogP contribution < -0.4 is 5.32 Å². The fourth-order valence-electron chi connectivity index (χ4n) is 1.81. The number of nitrogens with zero attached hydrogens (tertiary/aromatic N) is 2. The number of nitrogens with one attached hydrogen (secondary N) is 1. The molecule has 5 heteroatoms. The summed E-state index contributed by atoms with van der Waals surface area (Å²) in [5.41, 5.74) is 0. The molecule has 0 amide bonds. The summed E-state index contributed by atoms with van der Waals surface area (Å²) < 4.78 is 0. The monoisotopic (exact) mass is 287 g/mol. The zero-order valence-corrected chi connectivity index (χ0v) is 12.3. The average molecular weight is 287 g/mol. The van der Waals surface area contributed by atoms with Crippen LogP contribution in [0.4, 0.5) is 5.95 Å². The minimum Gasteiger partial charge on any atom is -0.357 e. The van der Waals surface area contributed by atoms with Crippen molar-refractivity contribution < 1.29 is 0 Å². The second kappa shape index (κ2) is 5.19. The number of aromatic nitrogens is 2. The van der Waals surface area contributed by atoms with E-state index in [0.717, 1.165) is 15.2 Å². The van der Waals surface area contributed by atoms with E-state index in [1.165, 1.54) is 9.77 Å². The molecule has 1 aromatic carbocycles. The molecule has 3 rings (SSSR count). The number of rotatable bonds is 3. The number of fused-ring (bicyclic) bond motifs is 1. The summed E-state index contributed by atoms with van der Waals surface area (Å²) in [5, 5.41) is 5.16. The van der Waals surface area contributed by atoms with Crippen molar-refractivity contribution in [2.75, 3.05) is 12.4 Å². The first-order valence-electron chi connectivity index (χ1n) is 5.95. The number of thiophene rings is 1. The second-order valence-corrected chi connectivity index (χ2v) is 6.39. The molecule has 1 N–H and O–H groups in total. The van der Waals surface area contributed by atoms with E-state index in [9.17, 15) is 0 Å². The van der Waals surface area contributed by atoms with Crippen molar-refractivity contribution in [1.82, 2.24) is 9.97 Å². The molecule has 3 nitrogen and oxygen atoms in total. The van der Waals surface area contributed by atoms with Crippen LogP contribution in [-0.4, -0.2) is 17.0 Å². The van der Waals surface area contributed by atoms with Crippen LogP contribution in [0.3, 0.4) is 0 Å². The van der Waals surface area contributed by atoms with Crippen LogP contribution in [0, 0.1) is 6.92 Å². The largest absolute Gasteiger partial charge is 0.357 e. The standard InChI is InChI=1S/C14H13N3S2/c1-9-8-11-12(18-9)16-14(15-2)17-13(11)19-10-6-4-3-5-7-10/h3-8H,1-2H3,(H,15,16,17). The number of hydrogen-bond acceptors (Lipinski definition) is 5. The van der Waals surface area contributed by atoms with Gasteiger partial charge in [0.2, 0.25) is 5.95 Å². The molecule has 96 valence electrons. The molecule has 0 saturated heterocycles. The van der Waals surface area contributed by atoms with Crippen molar-refractivity contribution in [2.45, 2.75) is 16.8 Å². The maximum atomic E-state index is 4.58. The van der Waals surface area contributed by atoms with Crippen LogP contribution >= 0.6 is 23.1 Å². The van der Waals surface area contributed by atoms with E-state index in [0.29, 0.717) is 5.95 Å². The molecule has 2 heterocycles. The van der Waals surface area contributed by atoms with E-state index in [1.54, 1.807) is 23.1 Å². The maximum Gasteiger partial charge on any atom is 0.224 e. The van der Waals surface area contributed by atoms with Gasteiger partial charge >= 0.3 is 0 Å². The Morgan fingerprint density at radius 3 is 2.68 bits per heavy atom. The highest BCUT2D eigenvalue weighted by atomic mass is 32.2. The second-order valence-electron chi connectivity index (χ2n) is 4.09. The van der Waals surface area contributed by atoms with Crippen LogP contribution in [0.25, 0.3) is 10.2 Å². The molecular formula is C14H13N3S2. The average Bonchev–Trinajstić information content (AvgIpc) is 2.80. The van der Waals surface area contributed by atoms with Gasteiger partial charge in [0.25, 0.3) is 0 Å². The Labute approximate surface area is 120 Å². The molecule has 0 unspecified atom stereocenters. The van der Waals surface area contributed by atoms with Gasteiger partial charge in [-0.05, 0) is 25.1 Å². The molecule has 3 aromatic rings. The minimum absolute atomic E-state index is 0.674. The third-order valence-corrected chi connectivity index (χ3v) is 4.62. The highest BCUT2D eigenvalue weighted by Gasteiger charge is 2.11. The molecule has 19 heavy (non-hydrogen) atoms. The van der Waals surface area contributed by atoms with Gasteiger partial charge in [-0.1, -0.05) is 30.0 Å². The van der Waals surface area contributed by atoms with Crippen LogP contribution in [0.1, 0.15) is 4.88 Å². The first kappa shape index (κ1) is 12.4. The van der Waals surface area contributed by atoms with Gasteiger partial charge in [0.05, 0.1) is 0 Å². The highest BCUT2D eigenvalue weighted by molar-refractivity contribution is 7.99. The molecule has 0 radical (unpaired) electrons. The molecule has 0 aliphatic carbocycles. The third kappa shape index (κ3) is 2.57. The minimum atomic E-state index is 0.674. The first-order valence-corrected chi connectivity index (χ1v) is 7.58. The van der Waals surface area contributed by atoms with E-state index in [4.69, 9.17) is 0 Å². The van der Waals surface area contributed by atoms with Crippen molar-refractivity contribution in [2.24, 2.45) is 0 Å². The number of hydrogen-bond donors (Lipinski definition) is 1. The fourth-order valence-corrected chi connectivity index (χ4v) is 3.66. The molecule has 0 aliphatic rings. The van der Waals surface area contributed by atoms with Gasteiger partial charge in [-0.25, -0.2) is 9.97 Å². The summed E-state index contributed by atoms with van der Waals surface area (Å²) in [6.07, 6.45) is 0. The maximum absolute atomic E-state index is 4.58. The lowest BCUT2D eigenvalue weighted by atomic mass is 10.4. The SMILES string of the molecule is CNc1nc(Sc2ccccc2)c2cc(C)sc2n1. The van der Waals surface area contributed by atoms with Gasteiger partial charge in [-0.15, -0.1) is 11.3 Å². The Bertz CT molecular complexity index is 707. The van der Waals surface area contributed by atoms with Crippen LogP contribution in [0.5, 0.6) is 0 Å². The summed E-state index contributed by atoms with van der Waals surface area (Å²) in [5.74, 6) is 0.674. The lowest BCUT2D eigenvalue weighted by Crippen LogP contribution is -1.96. The lowest BCUT2D eigenvalue weighted by Gasteiger charge is -2.05. The lowest BCUT2D eigenvalue weighted by molar-refractivity contribution is 1.10. The normalized spacial score (nSPS) is 10.8. The van der Waals surface area contributed by atoms with E-state index in [-0.39, 0.29) is 0 Å². The van der Waals surface area contributed by atoms with E-state index >= 15 is 0 Å². The van der Waals surface area contributed by atoms with Gasteiger partial charge in [0.1, 0.15) is 9.86 Å². The predicted molar refractivity (Wildman–Crippen MR) is 82.3 cm³/mol. The summed E-state index contributed by atoms with van der Waals surface area (Å²) in [4.78, 5) is 12.6. The van der Waals surface area contributed by atoms with E-state index in [1.807, 2.05) is 25.2 Å². The Morgan fingerprint density at radius 2 is 1.95 bits per heavy atom. The Morgan fingerprint density at radius 1 is 1.16 bits per heavy atom. The summed E-state index contributed by atoms with van der Waals surface area (Å²) in [6, 6.07) is 12.4. The molecule has 0 atom stereocenters. The van der Waals surface area contributed by atoms with Crippen molar-refractivity contribution in [3.8, 4) is 0 Å². The van der Waals surface area contributed by atoms with Crippen LogP contribution in [0.15, 0.2) is 46.3 Å². The quantitative estimate of drug-likeness (QED) is 0.733. The van der Waals surface area contributed by atoms with E-state index < -0.39 is 0 Å². The van der Waals surface area contributed by atoms with Crippen LogP contribution in [0.2, 0.25) is 0 Å². The van der Waals surface area contributed by atoms with Crippen molar-refractivity contribution in [1.29, 1.82) is 0 Å². The predicted octanol–water partition coefficient (Wildman–Crippen LogP) is 4.19. The molecule has 0 spiro atoms. The number of benzene rings is 1. The van der Waals surface area contributed by atoms with Crippen LogP contribution in [-0.2, 0) is 0 Å². The molecule has 0 saturated carbocycles. The van der Waals surface area contributed by atoms with Crippen molar-refractivity contribution in [3.05, 3.63) is 41.3 Å². The number of aryl methyl sites for hydroxylation is 1. The van der Waals surface area contributed by atoms with E-state index in [2.05, 4.69) is 40.4 Å². The molecular weight excluding hydrogens is 274 g/mol. The summed E-state index contributed by atoms with van der Waals surface area (Å²) in [7, 11) is 1.85. The first-order chi connectivity index (χ1) is 9.26. The molecule has 0 bridgehead atoms. The molecule has 2 aromatic heterocycles.